The Hall–Kier alpha value is -1.58. The molecule has 3 nitrogen and oxygen atoms in total. The maximum atomic E-state index is 13.5. The summed E-state index contributed by atoms with van der Waals surface area (Å²) < 4.78 is 23.4. The van der Waals surface area contributed by atoms with Crippen molar-refractivity contribution in [3.63, 3.8) is 0 Å². The van der Waals surface area contributed by atoms with E-state index < -0.39 is 11.7 Å². The van der Waals surface area contributed by atoms with Crippen LogP contribution in [-0.4, -0.2) is 20.5 Å². The Kier molecular flexibility index (Phi) is 3.66. The van der Waals surface area contributed by atoms with E-state index in [2.05, 4.69) is 0 Å². The highest BCUT2D eigenvalue weighted by molar-refractivity contribution is 5.63. The van der Waals surface area contributed by atoms with Gasteiger partial charge in [0.05, 0.1) is 14.2 Å². The van der Waals surface area contributed by atoms with Gasteiger partial charge in [-0.2, -0.15) is 0 Å². The Morgan fingerprint density at radius 2 is 1.80 bits per heavy atom. The third-order valence-electron chi connectivity index (χ3n) is 2.20. The van der Waals surface area contributed by atoms with Gasteiger partial charge in [0, 0.05) is 17.5 Å². The molecule has 0 N–H and O–H groups in total. The van der Waals surface area contributed by atoms with Crippen molar-refractivity contribution in [1.29, 1.82) is 0 Å². The summed E-state index contributed by atoms with van der Waals surface area (Å²) in [6, 6.07) is 2.70. The number of ether oxygens (including phenoxy) is 2. The topological polar surface area (TPSA) is 35.5 Å². The first-order valence-corrected chi connectivity index (χ1v) is 4.50. The van der Waals surface area contributed by atoms with Crippen molar-refractivity contribution in [3.8, 4) is 11.5 Å². The SMILES string of the molecule is COc1cc(F)c(C(C)C=O)cc1OC. The normalized spacial score (nSPS) is 12.0. The van der Waals surface area contributed by atoms with E-state index in [1.807, 2.05) is 0 Å². The van der Waals surface area contributed by atoms with Gasteiger partial charge in [-0.3, -0.25) is 0 Å². The molecule has 0 heterocycles. The molecule has 0 aromatic heterocycles. The van der Waals surface area contributed by atoms with Crippen LogP contribution in [0.2, 0.25) is 0 Å². The molecule has 1 atom stereocenters. The minimum absolute atomic E-state index is 0.308. The molecule has 0 radical (unpaired) electrons. The molecule has 4 heteroatoms. The summed E-state index contributed by atoms with van der Waals surface area (Å²) in [7, 11) is 2.89. The summed E-state index contributed by atoms with van der Waals surface area (Å²) in [6.07, 6.45) is 0.685. The standard InChI is InChI=1S/C11H13FO3/c1-7(6-13)8-4-10(14-2)11(15-3)5-9(8)12/h4-7H,1-3H3. The number of benzene rings is 1. The molecule has 82 valence electrons. The van der Waals surface area contributed by atoms with E-state index in [9.17, 15) is 9.18 Å². The van der Waals surface area contributed by atoms with Gasteiger partial charge in [0.15, 0.2) is 11.5 Å². The van der Waals surface area contributed by atoms with Crippen LogP contribution in [0.4, 0.5) is 4.39 Å². The Morgan fingerprint density at radius 3 is 2.27 bits per heavy atom. The highest BCUT2D eigenvalue weighted by Crippen LogP contribution is 2.32. The summed E-state index contributed by atoms with van der Waals surface area (Å²) in [6.45, 7) is 1.62. The largest absolute Gasteiger partial charge is 0.493 e. The monoisotopic (exact) mass is 212 g/mol. The van der Waals surface area contributed by atoms with Gasteiger partial charge in [-0.15, -0.1) is 0 Å². The number of halogens is 1. The van der Waals surface area contributed by atoms with E-state index >= 15 is 0 Å². The molecule has 0 spiro atoms. The number of carbonyl (C=O) groups is 1. The lowest BCUT2D eigenvalue weighted by atomic mass is 10.0. The number of hydrogen-bond donors (Lipinski definition) is 0. The molecule has 0 aliphatic carbocycles. The fraction of sp³-hybridized carbons (Fsp3) is 0.364. The molecule has 0 aliphatic rings. The first-order chi connectivity index (χ1) is 7.13. The molecular weight excluding hydrogens is 199 g/mol. The Morgan fingerprint density at radius 1 is 1.27 bits per heavy atom. The van der Waals surface area contributed by atoms with E-state index in [1.54, 1.807) is 6.92 Å². The van der Waals surface area contributed by atoms with E-state index in [0.717, 1.165) is 0 Å². The van der Waals surface area contributed by atoms with Crippen LogP contribution in [0.25, 0.3) is 0 Å². The molecule has 0 fully saturated rings. The third kappa shape index (κ3) is 2.26. The van der Waals surface area contributed by atoms with Crippen LogP contribution in [0.3, 0.4) is 0 Å². The number of carbonyl (C=O) groups excluding carboxylic acids is 1. The summed E-state index contributed by atoms with van der Waals surface area (Å²) in [5, 5.41) is 0. The zero-order valence-corrected chi connectivity index (χ0v) is 8.91. The molecule has 1 aromatic carbocycles. The second kappa shape index (κ2) is 4.77. The van der Waals surface area contributed by atoms with Gasteiger partial charge in [0.25, 0.3) is 0 Å². The minimum Gasteiger partial charge on any atom is -0.493 e. The highest BCUT2D eigenvalue weighted by Gasteiger charge is 2.15. The maximum absolute atomic E-state index is 13.5. The molecule has 0 bridgehead atoms. The molecule has 1 aromatic rings. The summed E-state index contributed by atoms with van der Waals surface area (Å²) in [4.78, 5) is 10.6. The van der Waals surface area contributed by atoms with Gasteiger partial charge in [0.2, 0.25) is 0 Å². The molecular formula is C11H13FO3. The first kappa shape index (κ1) is 11.5. The molecule has 0 saturated heterocycles. The van der Waals surface area contributed by atoms with Gasteiger partial charge >= 0.3 is 0 Å². The number of hydrogen-bond acceptors (Lipinski definition) is 3. The highest BCUT2D eigenvalue weighted by atomic mass is 19.1. The zero-order valence-electron chi connectivity index (χ0n) is 8.91. The van der Waals surface area contributed by atoms with Crippen molar-refractivity contribution in [3.05, 3.63) is 23.5 Å². The minimum atomic E-state index is -0.496. The van der Waals surface area contributed by atoms with Crippen molar-refractivity contribution < 1.29 is 18.7 Å². The lowest BCUT2D eigenvalue weighted by Gasteiger charge is -2.12. The average Bonchev–Trinajstić information content (AvgIpc) is 2.27. The van der Waals surface area contributed by atoms with Crippen molar-refractivity contribution in [2.24, 2.45) is 0 Å². The van der Waals surface area contributed by atoms with E-state index in [-0.39, 0.29) is 0 Å². The maximum Gasteiger partial charge on any atom is 0.163 e. The van der Waals surface area contributed by atoms with Gasteiger partial charge in [-0.05, 0) is 6.07 Å². The summed E-state index contributed by atoms with van der Waals surface area (Å²) >= 11 is 0. The second-order valence-corrected chi connectivity index (χ2v) is 3.15. The molecule has 15 heavy (non-hydrogen) atoms. The fourth-order valence-electron chi connectivity index (χ4n) is 1.29. The van der Waals surface area contributed by atoms with Crippen LogP contribution >= 0.6 is 0 Å². The van der Waals surface area contributed by atoms with Crippen LogP contribution in [-0.2, 0) is 4.79 Å². The average molecular weight is 212 g/mol. The number of methoxy groups -OCH3 is 2. The summed E-state index contributed by atoms with van der Waals surface area (Å²) in [5.74, 6) is -0.225. The van der Waals surface area contributed by atoms with Gasteiger partial charge in [0.1, 0.15) is 12.1 Å². The van der Waals surface area contributed by atoms with Gasteiger partial charge < -0.3 is 14.3 Å². The smallest absolute Gasteiger partial charge is 0.163 e. The predicted molar refractivity (Wildman–Crippen MR) is 54.0 cm³/mol. The van der Waals surface area contributed by atoms with Crippen molar-refractivity contribution in [2.75, 3.05) is 14.2 Å². The molecule has 0 saturated carbocycles. The van der Waals surface area contributed by atoms with Crippen LogP contribution < -0.4 is 9.47 Å². The lowest BCUT2D eigenvalue weighted by molar-refractivity contribution is -0.108. The Balaban J connectivity index is 3.25. The van der Waals surface area contributed by atoms with Crippen molar-refractivity contribution >= 4 is 6.29 Å². The second-order valence-electron chi connectivity index (χ2n) is 3.15. The van der Waals surface area contributed by atoms with Crippen molar-refractivity contribution in [1.82, 2.24) is 0 Å². The van der Waals surface area contributed by atoms with Crippen LogP contribution in [0.15, 0.2) is 12.1 Å². The van der Waals surface area contributed by atoms with Crippen molar-refractivity contribution in [2.45, 2.75) is 12.8 Å². The quantitative estimate of drug-likeness (QED) is 0.717. The Labute approximate surface area is 87.8 Å². The summed E-state index contributed by atoms with van der Waals surface area (Å²) in [5.41, 5.74) is 0.308. The molecule has 0 aliphatic heterocycles. The van der Waals surface area contributed by atoms with E-state index in [0.29, 0.717) is 23.3 Å². The van der Waals surface area contributed by atoms with E-state index in [4.69, 9.17) is 9.47 Å². The third-order valence-corrected chi connectivity index (χ3v) is 2.20. The number of aldehydes is 1. The van der Waals surface area contributed by atoms with E-state index in [1.165, 1.54) is 26.4 Å². The lowest BCUT2D eigenvalue weighted by Crippen LogP contribution is -2.01. The van der Waals surface area contributed by atoms with Gasteiger partial charge in [-0.1, -0.05) is 6.92 Å². The first-order valence-electron chi connectivity index (χ1n) is 4.50. The van der Waals surface area contributed by atoms with Crippen LogP contribution in [0.1, 0.15) is 18.4 Å². The molecule has 1 unspecified atom stereocenters. The molecule has 0 amide bonds. The fourth-order valence-corrected chi connectivity index (χ4v) is 1.29. The van der Waals surface area contributed by atoms with Crippen LogP contribution in [0.5, 0.6) is 11.5 Å². The van der Waals surface area contributed by atoms with Gasteiger partial charge in [-0.25, -0.2) is 4.39 Å². The zero-order chi connectivity index (χ0) is 11.4. The van der Waals surface area contributed by atoms with Crippen LogP contribution in [0, 0.1) is 5.82 Å². The predicted octanol–water partition coefficient (Wildman–Crippen LogP) is 2.15. The number of rotatable bonds is 4. The molecule has 1 rings (SSSR count). The Bertz CT molecular complexity index is 363.